The molecule has 0 atom stereocenters. The minimum absolute atomic E-state index is 0.0516. The van der Waals surface area contributed by atoms with Gasteiger partial charge in [-0.1, -0.05) is 13.2 Å². The van der Waals surface area contributed by atoms with Crippen LogP contribution in [0.5, 0.6) is 0 Å². The van der Waals surface area contributed by atoms with Gasteiger partial charge in [0.05, 0.1) is 13.0 Å². The van der Waals surface area contributed by atoms with Crippen molar-refractivity contribution in [1.82, 2.24) is 0 Å². The van der Waals surface area contributed by atoms with Crippen LogP contribution in [-0.4, -0.2) is 31.8 Å². The second kappa shape index (κ2) is 10.3. The molecule has 0 bridgehead atoms. The minimum atomic E-state index is -0.528. The molecule has 0 saturated carbocycles. The summed E-state index contributed by atoms with van der Waals surface area (Å²) in [6.07, 6.45) is 1.55. The predicted octanol–water partition coefficient (Wildman–Crippen LogP) is 1.52. The summed E-state index contributed by atoms with van der Waals surface area (Å²) in [4.78, 5) is 31.1. The highest BCUT2D eigenvalue weighted by Crippen LogP contribution is 2.05. The topological polar surface area (TPSA) is 71.1 Å². The highest BCUT2D eigenvalue weighted by atomic mass is 17.2. The van der Waals surface area contributed by atoms with Gasteiger partial charge in [-0.05, 0) is 6.92 Å². The van der Waals surface area contributed by atoms with E-state index in [1.807, 2.05) is 0 Å². The van der Waals surface area contributed by atoms with E-state index in [1.165, 1.54) is 0 Å². The molecule has 0 aliphatic carbocycles. The zero-order chi connectivity index (χ0) is 13.8. The van der Waals surface area contributed by atoms with E-state index in [0.717, 1.165) is 6.08 Å². The van der Waals surface area contributed by atoms with Crippen molar-refractivity contribution in [2.45, 2.75) is 19.8 Å². The molecule has 0 saturated heterocycles. The summed E-state index contributed by atoms with van der Waals surface area (Å²) in [6, 6.07) is 0. The molecule has 0 aromatic rings. The summed E-state index contributed by atoms with van der Waals surface area (Å²) in [5, 5.41) is 0. The Morgan fingerprint density at radius 3 is 2.50 bits per heavy atom. The van der Waals surface area contributed by atoms with Gasteiger partial charge < -0.3 is 14.4 Å². The molecule has 0 aromatic heterocycles. The lowest BCUT2D eigenvalue weighted by Gasteiger charge is -2.07. The Labute approximate surface area is 106 Å². The lowest BCUT2D eigenvalue weighted by Crippen LogP contribution is -2.09. The first-order valence-electron chi connectivity index (χ1n) is 5.52. The Morgan fingerprint density at radius 2 is 1.89 bits per heavy atom. The molecular formula is C12H18O6. The molecule has 6 nitrogen and oxygen atoms in total. The van der Waals surface area contributed by atoms with Gasteiger partial charge in [0.15, 0.2) is 0 Å². The van der Waals surface area contributed by atoms with Crippen molar-refractivity contribution in [2.24, 2.45) is 0 Å². The Kier molecular flexibility index (Phi) is 9.30. The van der Waals surface area contributed by atoms with E-state index < -0.39 is 5.97 Å². The third-order valence-corrected chi connectivity index (χ3v) is 1.67. The van der Waals surface area contributed by atoms with E-state index in [0.29, 0.717) is 18.8 Å². The molecule has 0 N–H and O–H groups in total. The van der Waals surface area contributed by atoms with Crippen molar-refractivity contribution in [3.63, 3.8) is 0 Å². The van der Waals surface area contributed by atoms with Crippen molar-refractivity contribution < 1.29 is 28.8 Å². The first-order chi connectivity index (χ1) is 8.60. The smallest absolute Gasteiger partial charge is 0.330 e. The van der Waals surface area contributed by atoms with Gasteiger partial charge >= 0.3 is 11.9 Å². The van der Waals surface area contributed by atoms with E-state index >= 15 is 0 Å². The summed E-state index contributed by atoms with van der Waals surface area (Å²) in [5.41, 5.74) is 0. The molecule has 0 aromatic carbocycles. The van der Waals surface area contributed by atoms with Gasteiger partial charge in [-0.3, -0.25) is 4.79 Å². The maximum atomic E-state index is 11.0. The lowest BCUT2D eigenvalue weighted by molar-refractivity contribution is -0.268. The zero-order valence-electron chi connectivity index (χ0n) is 10.5. The maximum absolute atomic E-state index is 11.0. The van der Waals surface area contributed by atoms with E-state index in [-0.39, 0.29) is 25.6 Å². The van der Waals surface area contributed by atoms with Gasteiger partial charge in [0.25, 0.3) is 0 Å². The van der Waals surface area contributed by atoms with Crippen molar-refractivity contribution in [3.8, 4) is 0 Å². The van der Waals surface area contributed by atoms with Crippen LogP contribution in [0.2, 0.25) is 0 Å². The van der Waals surface area contributed by atoms with Gasteiger partial charge in [-0.25, -0.2) is 4.79 Å². The molecule has 0 aliphatic rings. The van der Waals surface area contributed by atoms with Crippen LogP contribution in [0.25, 0.3) is 0 Å². The van der Waals surface area contributed by atoms with Crippen LogP contribution < -0.4 is 0 Å². The van der Waals surface area contributed by atoms with Crippen LogP contribution in [0.15, 0.2) is 25.0 Å². The average molecular weight is 258 g/mol. The molecule has 0 radical (unpaired) electrons. The third kappa shape index (κ3) is 9.41. The second-order valence-corrected chi connectivity index (χ2v) is 3.12. The number of allylic oxidation sites excluding steroid dienone is 1. The fourth-order valence-corrected chi connectivity index (χ4v) is 0.877. The molecule has 0 aliphatic heterocycles. The summed E-state index contributed by atoms with van der Waals surface area (Å²) < 4.78 is 9.37. The van der Waals surface area contributed by atoms with Gasteiger partial charge in [0.2, 0.25) is 0 Å². The normalized spacial score (nSPS) is 9.39. The summed E-state index contributed by atoms with van der Waals surface area (Å²) in [7, 11) is 0. The van der Waals surface area contributed by atoms with E-state index in [9.17, 15) is 9.59 Å². The van der Waals surface area contributed by atoms with E-state index in [2.05, 4.69) is 17.9 Å². The fraction of sp³-hybridized carbons (Fsp3) is 0.500. The van der Waals surface area contributed by atoms with Gasteiger partial charge in [-0.2, -0.15) is 4.89 Å². The quantitative estimate of drug-likeness (QED) is 0.148. The van der Waals surface area contributed by atoms with Gasteiger partial charge in [0.1, 0.15) is 19.0 Å². The molecule has 6 heteroatoms. The maximum Gasteiger partial charge on any atom is 0.330 e. The van der Waals surface area contributed by atoms with Crippen molar-refractivity contribution in [3.05, 3.63) is 25.0 Å². The molecule has 102 valence electrons. The number of rotatable bonds is 10. The number of ether oxygens (including phenoxy) is 2. The molecular weight excluding hydrogens is 240 g/mol. The predicted molar refractivity (Wildman–Crippen MR) is 63.2 cm³/mol. The molecule has 0 fully saturated rings. The molecule has 0 spiro atoms. The minimum Gasteiger partial charge on any atom is -0.466 e. The van der Waals surface area contributed by atoms with Crippen LogP contribution >= 0.6 is 0 Å². The number of carbonyl (C=O) groups excluding carboxylic acids is 2. The standard InChI is InChI=1S/C12H18O6/c1-4-11(13)16-8-9-17-18-10(3)6-7-12(14)15-5-2/h4H,1,3,5-9H2,2H3. The number of esters is 2. The largest absolute Gasteiger partial charge is 0.466 e. The zero-order valence-corrected chi connectivity index (χ0v) is 10.5. The molecule has 0 amide bonds. The van der Waals surface area contributed by atoms with Crippen LogP contribution in [-0.2, 0) is 28.8 Å². The second-order valence-electron chi connectivity index (χ2n) is 3.12. The van der Waals surface area contributed by atoms with Crippen LogP contribution in [0, 0.1) is 0 Å². The van der Waals surface area contributed by atoms with Crippen molar-refractivity contribution in [1.29, 1.82) is 0 Å². The molecule has 18 heavy (non-hydrogen) atoms. The Balaban J connectivity index is 3.45. The van der Waals surface area contributed by atoms with E-state index in [4.69, 9.17) is 14.5 Å². The Bertz CT molecular complexity index is 297. The SMILES string of the molecule is C=CC(=O)OCCOOC(=C)CCC(=O)OCC. The fourth-order valence-electron chi connectivity index (χ4n) is 0.877. The highest BCUT2D eigenvalue weighted by Gasteiger charge is 2.05. The summed E-state index contributed by atoms with van der Waals surface area (Å²) >= 11 is 0. The van der Waals surface area contributed by atoms with Crippen LogP contribution in [0.4, 0.5) is 0 Å². The molecule has 0 unspecified atom stereocenters. The van der Waals surface area contributed by atoms with Crippen molar-refractivity contribution in [2.75, 3.05) is 19.8 Å². The van der Waals surface area contributed by atoms with Gasteiger partial charge in [0, 0.05) is 12.5 Å². The van der Waals surface area contributed by atoms with Crippen molar-refractivity contribution >= 4 is 11.9 Å². The lowest BCUT2D eigenvalue weighted by atomic mass is 10.3. The van der Waals surface area contributed by atoms with Gasteiger partial charge in [-0.15, -0.1) is 0 Å². The highest BCUT2D eigenvalue weighted by molar-refractivity contribution is 5.81. The molecule has 0 rings (SSSR count). The summed E-state index contributed by atoms with van der Waals surface area (Å²) in [5.74, 6) is -0.542. The number of hydrogen-bond donors (Lipinski definition) is 0. The monoisotopic (exact) mass is 258 g/mol. The first kappa shape index (κ1) is 16.2. The number of hydrogen-bond acceptors (Lipinski definition) is 6. The average Bonchev–Trinajstić information content (AvgIpc) is 2.36. The Hall–Kier alpha value is -1.82. The Morgan fingerprint density at radius 1 is 1.17 bits per heavy atom. The first-order valence-corrected chi connectivity index (χ1v) is 5.52. The number of carbonyl (C=O) groups is 2. The van der Waals surface area contributed by atoms with Crippen LogP contribution in [0.1, 0.15) is 19.8 Å². The summed E-state index contributed by atoms with van der Waals surface area (Å²) in [6.45, 7) is 8.99. The van der Waals surface area contributed by atoms with Crippen LogP contribution in [0.3, 0.4) is 0 Å². The molecule has 0 heterocycles. The third-order valence-electron chi connectivity index (χ3n) is 1.67. The van der Waals surface area contributed by atoms with E-state index in [1.54, 1.807) is 6.92 Å².